The van der Waals surface area contributed by atoms with Crippen LogP contribution >= 0.6 is 11.8 Å². The maximum absolute atomic E-state index is 11.6. The molecule has 1 aliphatic carbocycles. The molecule has 0 saturated heterocycles. The maximum Gasteiger partial charge on any atom is 0.329 e. The number of ether oxygens (including phenoxy) is 2. The molecule has 120 valence electrons. The van der Waals surface area contributed by atoms with Crippen LogP contribution in [0.5, 0.6) is 0 Å². The Morgan fingerprint density at radius 2 is 1.90 bits per heavy atom. The lowest BCUT2D eigenvalue weighted by Crippen LogP contribution is -2.43. The molecule has 7 heteroatoms. The summed E-state index contributed by atoms with van der Waals surface area (Å²) in [6.07, 6.45) is 3.80. The molecule has 3 atom stereocenters. The Hall–Kier alpha value is -1.24. The zero-order chi connectivity index (χ0) is 15.8. The van der Waals surface area contributed by atoms with E-state index in [-0.39, 0.29) is 23.2 Å². The zero-order valence-electron chi connectivity index (χ0n) is 12.7. The van der Waals surface area contributed by atoms with Crippen LogP contribution in [0.25, 0.3) is 0 Å². The molecular formula is C14H23NO5S. The molecule has 0 heterocycles. The van der Waals surface area contributed by atoms with Gasteiger partial charge in [0.25, 0.3) is 0 Å². The van der Waals surface area contributed by atoms with E-state index in [4.69, 9.17) is 9.47 Å². The van der Waals surface area contributed by atoms with E-state index in [9.17, 15) is 14.4 Å². The van der Waals surface area contributed by atoms with Crippen LogP contribution in [-0.2, 0) is 23.9 Å². The van der Waals surface area contributed by atoms with Crippen molar-refractivity contribution in [2.45, 2.75) is 56.9 Å². The second kappa shape index (κ2) is 8.92. The van der Waals surface area contributed by atoms with Gasteiger partial charge in [-0.3, -0.25) is 9.59 Å². The molecule has 1 amide bonds. The third kappa shape index (κ3) is 6.37. The van der Waals surface area contributed by atoms with Crippen molar-refractivity contribution in [2.75, 3.05) is 12.9 Å². The lowest BCUT2D eigenvalue weighted by atomic mass is 9.97. The summed E-state index contributed by atoms with van der Waals surface area (Å²) in [5.41, 5.74) is 0. The number of carbonyl (C=O) groups is 3. The van der Waals surface area contributed by atoms with Crippen LogP contribution in [0, 0.1) is 0 Å². The van der Waals surface area contributed by atoms with Crippen molar-refractivity contribution in [1.29, 1.82) is 0 Å². The molecule has 0 aliphatic heterocycles. The Balaban J connectivity index is 2.56. The van der Waals surface area contributed by atoms with Crippen molar-refractivity contribution >= 4 is 29.6 Å². The van der Waals surface area contributed by atoms with E-state index in [1.807, 2.05) is 0 Å². The van der Waals surface area contributed by atoms with E-state index in [2.05, 4.69) is 5.32 Å². The largest absolute Gasteiger partial charge is 0.467 e. The summed E-state index contributed by atoms with van der Waals surface area (Å²) >= 11 is 1.55. The number of nitrogens with one attached hydrogen (secondary N) is 1. The second-order valence-corrected chi connectivity index (χ2v) is 6.35. The molecular weight excluding hydrogens is 294 g/mol. The van der Waals surface area contributed by atoms with Gasteiger partial charge in [0.1, 0.15) is 12.1 Å². The highest BCUT2D eigenvalue weighted by Gasteiger charge is 2.30. The molecule has 0 radical (unpaired) electrons. The van der Waals surface area contributed by atoms with Crippen molar-refractivity contribution < 1.29 is 23.9 Å². The van der Waals surface area contributed by atoms with Gasteiger partial charge in [-0.25, -0.2) is 4.79 Å². The average Bonchev–Trinajstić information content (AvgIpc) is 2.43. The topological polar surface area (TPSA) is 81.7 Å². The van der Waals surface area contributed by atoms with Crippen LogP contribution < -0.4 is 5.32 Å². The van der Waals surface area contributed by atoms with E-state index < -0.39 is 12.0 Å². The van der Waals surface area contributed by atoms with Gasteiger partial charge in [0.15, 0.2) is 0 Å². The molecule has 0 aromatic heterocycles. The summed E-state index contributed by atoms with van der Waals surface area (Å²) in [5, 5.41) is 2.74. The number of hydrogen-bond donors (Lipinski definition) is 1. The van der Waals surface area contributed by atoms with Gasteiger partial charge < -0.3 is 14.8 Å². The van der Waals surface area contributed by atoms with Gasteiger partial charge in [-0.2, -0.15) is 11.8 Å². The molecule has 0 aromatic rings. The molecule has 0 bridgehead atoms. The summed E-state index contributed by atoms with van der Waals surface area (Å²) in [5.74, 6) is -0.600. The highest BCUT2D eigenvalue weighted by Crippen LogP contribution is 2.31. The van der Waals surface area contributed by atoms with Gasteiger partial charge in [-0.1, -0.05) is 6.42 Å². The van der Waals surface area contributed by atoms with Crippen LogP contribution in [0.15, 0.2) is 0 Å². The fraction of sp³-hybridized carbons (Fsp3) is 0.786. The lowest BCUT2D eigenvalue weighted by molar-refractivity contribution is -0.147. The second-order valence-electron chi connectivity index (χ2n) is 5.08. The molecule has 0 spiro atoms. The van der Waals surface area contributed by atoms with Gasteiger partial charge in [0.2, 0.25) is 5.91 Å². The van der Waals surface area contributed by atoms with Gasteiger partial charge in [-0.15, -0.1) is 0 Å². The van der Waals surface area contributed by atoms with E-state index in [0.29, 0.717) is 5.75 Å². The van der Waals surface area contributed by atoms with Crippen molar-refractivity contribution in [1.82, 2.24) is 5.32 Å². The Bertz CT molecular complexity index is 388. The van der Waals surface area contributed by atoms with Crippen molar-refractivity contribution in [2.24, 2.45) is 0 Å². The number of esters is 2. The number of amides is 1. The summed E-state index contributed by atoms with van der Waals surface area (Å²) in [6.45, 7) is 2.77. The minimum atomic E-state index is -0.669. The van der Waals surface area contributed by atoms with Crippen LogP contribution in [0.4, 0.5) is 0 Å². The molecule has 0 unspecified atom stereocenters. The number of rotatable bonds is 6. The summed E-state index contributed by atoms with van der Waals surface area (Å²) in [4.78, 5) is 33.9. The first kappa shape index (κ1) is 17.8. The monoisotopic (exact) mass is 317 g/mol. The molecule has 1 saturated carbocycles. The fourth-order valence-electron chi connectivity index (χ4n) is 2.38. The standard InChI is InChI=1S/C14H23NO5S/c1-9(16)15-11(14(18)19-3)8-21-13-7-5-4-6-12(13)20-10(2)17/h11-13H,4-8H2,1-3H3,(H,15,16)/t11-,12-,13-/m0/s1. The Morgan fingerprint density at radius 1 is 1.24 bits per heavy atom. The third-order valence-electron chi connectivity index (χ3n) is 3.30. The third-order valence-corrected chi connectivity index (χ3v) is 4.79. The number of methoxy groups -OCH3 is 1. The first-order valence-electron chi connectivity index (χ1n) is 7.07. The fourth-order valence-corrected chi connectivity index (χ4v) is 3.78. The number of carbonyl (C=O) groups excluding carboxylic acids is 3. The Kier molecular flexibility index (Phi) is 7.56. The summed E-state index contributed by atoms with van der Waals surface area (Å²) < 4.78 is 10.0. The molecule has 0 aromatic carbocycles. The minimum Gasteiger partial charge on any atom is -0.467 e. The molecule has 1 fully saturated rings. The molecule has 6 nitrogen and oxygen atoms in total. The molecule has 1 aliphatic rings. The SMILES string of the molecule is COC(=O)[C@H](CS[C@H]1CCCC[C@@H]1OC(C)=O)NC(C)=O. The van der Waals surface area contributed by atoms with Crippen LogP contribution in [0.2, 0.25) is 0 Å². The first-order valence-corrected chi connectivity index (χ1v) is 8.12. The van der Waals surface area contributed by atoms with E-state index in [1.165, 1.54) is 21.0 Å². The molecule has 1 N–H and O–H groups in total. The van der Waals surface area contributed by atoms with E-state index >= 15 is 0 Å². The normalized spacial score (nSPS) is 23.0. The van der Waals surface area contributed by atoms with Gasteiger partial charge in [0, 0.05) is 24.9 Å². The van der Waals surface area contributed by atoms with Crippen molar-refractivity contribution in [3.8, 4) is 0 Å². The first-order chi connectivity index (χ1) is 9.93. The molecule has 21 heavy (non-hydrogen) atoms. The highest BCUT2D eigenvalue weighted by atomic mass is 32.2. The van der Waals surface area contributed by atoms with Crippen LogP contribution in [0.3, 0.4) is 0 Å². The lowest BCUT2D eigenvalue weighted by Gasteiger charge is -2.31. The maximum atomic E-state index is 11.6. The van der Waals surface area contributed by atoms with Crippen molar-refractivity contribution in [3.63, 3.8) is 0 Å². The average molecular weight is 317 g/mol. The predicted octanol–water partition coefficient (Wildman–Crippen LogP) is 1.27. The summed E-state index contributed by atoms with van der Waals surface area (Å²) in [6, 6.07) is -0.669. The summed E-state index contributed by atoms with van der Waals surface area (Å²) in [7, 11) is 1.30. The van der Waals surface area contributed by atoms with Crippen LogP contribution in [-0.4, -0.2) is 48.1 Å². The van der Waals surface area contributed by atoms with Crippen LogP contribution in [0.1, 0.15) is 39.5 Å². The number of hydrogen-bond acceptors (Lipinski definition) is 6. The Labute approximate surface area is 129 Å². The van der Waals surface area contributed by atoms with Crippen molar-refractivity contribution in [3.05, 3.63) is 0 Å². The van der Waals surface area contributed by atoms with Gasteiger partial charge >= 0.3 is 11.9 Å². The zero-order valence-corrected chi connectivity index (χ0v) is 13.5. The highest BCUT2D eigenvalue weighted by molar-refractivity contribution is 8.00. The van der Waals surface area contributed by atoms with E-state index in [1.54, 1.807) is 11.8 Å². The minimum absolute atomic E-state index is 0.114. The predicted molar refractivity (Wildman–Crippen MR) is 79.9 cm³/mol. The van der Waals surface area contributed by atoms with Gasteiger partial charge in [-0.05, 0) is 19.3 Å². The van der Waals surface area contributed by atoms with E-state index in [0.717, 1.165) is 25.7 Å². The number of thioether (sulfide) groups is 1. The smallest absolute Gasteiger partial charge is 0.329 e. The molecule has 1 rings (SSSR count). The quantitative estimate of drug-likeness (QED) is 0.743. The van der Waals surface area contributed by atoms with Gasteiger partial charge in [0.05, 0.1) is 7.11 Å². The Morgan fingerprint density at radius 3 is 2.48 bits per heavy atom.